The molecule has 0 spiro atoms. The average Bonchev–Trinajstić information content (AvgIpc) is 2.70. The van der Waals surface area contributed by atoms with Crippen LogP contribution in [0, 0.1) is 0 Å². The Morgan fingerprint density at radius 1 is 0.821 bits per heavy atom. The zero-order chi connectivity index (χ0) is 19.9. The van der Waals surface area contributed by atoms with Crippen molar-refractivity contribution in [2.45, 2.75) is 13.1 Å². The second-order valence-corrected chi connectivity index (χ2v) is 6.36. The highest BCUT2D eigenvalue weighted by Crippen LogP contribution is 2.18. The lowest BCUT2D eigenvalue weighted by Gasteiger charge is -2.19. The predicted molar refractivity (Wildman–Crippen MR) is 109 cm³/mol. The SMILES string of the molecule is Nc1ccccc1NC(=O)c1ccc(CN(Cc2ccccc2)C(=O)O)cc1. The van der Waals surface area contributed by atoms with Crippen molar-refractivity contribution in [3.63, 3.8) is 0 Å². The van der Waals surface area contributed by atoms with Gasteiger partial charge in [0, 0.05) is 18.7 Å². The fourth-order valence-corrected chi connectivity index (χ4v) is 2.78. The number of nitrogens with two attached hydrogens (primary N) is 1. The maximum Gasteiger partial charge on any atom is 0.407 e. The van der Waals surface area contributed by atoms with Crippen LogP contribution in [0.25, 0.3) is 0 Å². The molecule has 4 N–H and O–H groups in total. The van der Waals surface area contributed by atoms with Gasteiger partial charge in [-0.1, -0.05) is 54.6 Å². The summed E-state index contributed by atoms with van der Waals surface area (Å²) in [5.74, 6) is -0.274. The second kappa shape index (κ2) is 8.73. The van der Waals surface area contributed by atoms with E-state index in [2.05, 4.69) is 5.32 Å². The van der Waals surface area contributed by atoms with Gasteiger partial charge in [-0.15, -0.1) is 0 Å². The largest absolute Gasteiger partial charge is 0.465 e. The molecule has 0 unspecified atom stereocenters. The Kier molecular flexibility index (Phi) is 5.91. The number of amides is 2. The smallest absolute Gasteiger partial charge is 0.407 e. The molecule has 0 saturated carbocycles. The number of rotatable bonds is 6. The quantitative estimate of drug-likeness (QED) is 0.563. The third-order valence-electron chi connectivity index (χ3n) is 4.29. The summed E-state index contributed by atoms with van der Waals surface area (Å²) >= 11 is 0. The van der Waals surface area contributed by atoms with Gasteiger partial charge in [-0.05, 0) is 35.4 Å². The van der Waals surface area contributed by atoms with Crippen LogP contribution in [0.1, 0.15) is 21.5 Å². The summed E-state index contributed by atoms with van der Waals surface area (Å²) < 4.78 is 0. The molecular weight excluding hydrogens is 354 g/mol. The lowest BCUT2D eigenvalue weighted by atomic mass is 10.1. The highest BCUT2D eigenvalue weighted by Gasteiger charge is 2.14. The van der Waals surface area contributed by atoms with Crippen molar-refractivity contribution in [1.82, 2.24) is 4.90 Å². The van der Waals surface area contributed by atoms with Crippen LogP contribution >= 0.6 is 0 Å². The van der Waals surface area contributed by atoms with Crippen molar-refractivity contribution in [1.29, 1.82) is 0 Å². The summed E-state index contributed by atoms with van der Waals surface area (Å²) in [7, 11) is 0. The van der Waals surface area contributed by atoms with Crippen molar-refractivity contribution in [3.05, 3.63) is 95.6 Å². The molecule has 0 atom stereocenters. The first-order valence-corrected chi connectivity index (χ1v) is 8.79. The Morgan fingerprint density at radius 3 is 2.00 bits per heavy atom. The molecule has 0 aromatic heterocycles. The number of carbonyl (C=O) groups is 2. The number of carbonyl (C=O) groups excluding carboxylic acids is 1. The average molecular weight is 375 g/mol. The molecule has 6 nitrogen and oxygen atoms in total. The zero-order valence-corrected chi connectivity index (χ0v) is 15.2. The van der Waals surface area contributed by atoms with Gasteiger partial charge in [0.1, 0.15) is 0 Å². The highest BCUT2D eigenvalue weighted by atomic mass is 16.4. The molecular formula is C22H21N3O3. The Balaban J connectivity index is 1.66. The van der Waals surface area contributed by atoms with E-state index < -0.39 is 6.09 Å². The Labute approximate surface area is 163 Å². The second-order valence-electron chi connectivity index (χ2n) is 6.36. The van der Waals surface area contributed by atoms with E-state index in [1.54, 1.807) is 48.5 Å². The summed E-state index contributed by atoms with van der Waals surface area (Å²) in [6.45, 7) is 0.531. The Hall–Kier alpha value is -3.80. The topological polar surface area (TPSA) is 95.7 Å². The van der Waals surface area contributed by atoms with E-state index >= 15 is 0 Å². The summed E-state index contributed by atoms with van der Waals surface area (Å²) in [5, 5.41) is 12.2. The fraction of sp³-hybridized carbons (Fsp3) is 0.0909. The van der Waals surface area contributed by atoms with Crippen LogP contribution in [-0.2, 0) is 13.1 Å². The number of nitrogens with zero attached hydrogens (tertiary/aromatic N) is 1. The summed E-state index contributed by atoms with van der Waals surface area (Å²) in [6, 6.07) is 23.3. The summed E-state index contributed by atoms with van der Waals surface area (Å²) in [5.41, 5.74) is 9.07. The minimum atomic E-state index is -0.995. The first-order chi connectivity index (χ1) is 13.5. The van der Waals surface area contributed by atoms with Crippen LogP contribution in [0.5, 0.6) is 0 Å². The van der Waals surface area contributed by atoms with Crippen molar-refractivity contribution in [2.24, 2.45) is 0 Å². The van der Waals surface area contributed by atoms with Gasteiger partial charge in [-0.25, -0.2) is 4.79 Å². The number of nitrogens with one attached hydrogen (secondary N) is 1. The number of anilines is 2. The summed E-state index contributed by atoms with van der Waals surface area (Å²) in [4.78, 5) is 25.3. The molecule has 0 saturated heterocycles. The van der Waals surface area contributed by atoms with Gasteiger partial charge in [-0.2, -0.15) is 0 Å². The van der Waals surface area contributed by atoms with Crippen molar-refractivity contribution in [3.8, 4) is 0 Å². The number of hydrogen-bond donors (Lipinski definition) is 3. The van der Waals surface area contributed by atoms with E-state index in [9.17, 15) is 14.7 Å². The lowest BCUT2D eigenvalue weighted by molar-refractivity contribution is 0.102. The molecule has 0 aliphatic carbocycles. The lowest BCUT2D eigenvalue weighted by Crippen LogP contribution is -2.28. The molecule has 0 bridgehead atoms. The van der Waals surface area contributed by atoms with Gasteiger partial charge in [-0.3, -0.25) is 9.69 Å². The molecule has 3 aromatic carbocycles. The summed E-state index contributed by atoms with van der Waals surface area (Å²) in [6.07, 6.45) is -0.995. The maximum absolute atomic E-state index is 12.4. The molecule has 0 aliphatic rings. The molecule has 6 heteroatoms. The van der Waals surface area contributed by atoms with E-state index in [0.717, 1.165) is 11.1 Å². The number of carboxylic acid groups (broad SMARTS) is 1. The molecule has 3 aromatic rings. The van der Waals surface area contributed by atoms with Crippen LogP contribution < -0.4 is 11.1 Å². The monoisotopic (exact) mass is 375 g/mol. The third-order valence-corrected chi connectivity index (χ3v) is 4.29. The van der Waals surface area contributed by atoms with Gasteiger partial charge < -0.3 is 16.2 Å². The number of nitrogen functional groups attached to an aromatic ring is 1. The van der Waals surface area contributed by atoms with Crippen molar-refractivity contribution >= 4 is 23.4 Å². The van der Waals surface area contributed by atoms with Gasteiger partial charge in [0.15, 0.2) is 0 Å². The standard InChI is InChI=1S/C22H21N3O3/c23-19-8-4-5-9-20(19)24-21(26)18-12-10-17(11-13-18)15-25(22(27)28)14-16-6-2-1-3-7-16/h1-13H,14-15,23H2,(H,24,26)(H,27,28). The first-order valence-electron chi connectivity index (χ1n) is 8.79. The van der Waals surface area contributed by atoms with Crippen LogP contribution in [0.3, 0.4) is 0 Å². The zero-order valence-electron chi connectivity index (χ0n) is 15.2. The Morgan fingerprint density at radius 2 is 1.39 bits per heavy atom. The van der Waals surface area contributed by atoms with Crippen LogP contribution in [0.15, 0.2) is 78.9 Å². The van der Waals surface area contributed by atoms with Gasteiger partial charge >= 0.3 is 6.09 Å². The van der Waals surface area contributed by atoms with E-state index in [1.165, 1.54) is 4.90 Å². The Bertz CT molecular complexity index is 956. The number of para-hydroxylation sites is 2. The normalized spacial score (nSPS) is 10.3. The first kappa shape index (κ1) is 19.0. The molecule has 0 radical (unpaired) electrons. The van der Waals surface area contributed by atoms with E-state index in [4.69, 9.17) is 5.73 Å². The predicted octanol–water partition coefficient (Wildman–Crippen LogP) is 4.20. The van der Waals surface area contributed by atoms with Gasteiger partial charge in [0.05, 0.1) is 11.4 Å². The fourth-order valence-electron chi connectivity index (χ4n) is 2.78. The number of benzene rings is 3. The molecule has 3 rings (SSSR count). The van der Waals surface area contributed by atoms with Crippen LogP contribution in [0.4, 0.5) is 16.2 Å². The number of hydrogen-bond acceptors (Lipinski definition) is 3. The molecule has 142 valence electrons. The molecule has 2 amide bonds. The molecule has 28 heavy (non-hydrogen) atoms. The minimum Gasteiger partial charge on any atom is -0.465 e. The van der Waals surface area contributed by atoms with Crippen molar-refractivity contribution < 1.29 is 14.7 Å². The van der Waals surface area contributed by atoms with Crippen LogP contribution in [-0.4, -0.2) is 22.0 Å². The maximum atomic E-state index is 12.4. The van der Waals surface area contributed by atoms with Gasteiger partial charge in [0.25, 0.3) is 5.91 Å². The molecule has 0 aliphatic heterocycles. The van der Waals surface area contributed by atoms with E-state index in [1.807, 2.05) is 30.3 Å². The van der Waals surface area contributed by atoms with Crippen molar-refractivity contribution in [2.75, 3.05) is 11.1 Å². The van der Waals surface area contributed by atoms with Gasteiger partial charge in [0.2, 0.25) is 0 Å². The third kappa shape index (κ3) is 4.88. The minimum absolute atomic E-state index is 0.234. The highest BCUT2D eigenvalue weighted by molar-refractivity contribution is 6.05. The van der Waals surface area contributed by atoms with E-state index in [0.29, 0.717) is 23.5 Å². The van der Waals surface area contributed by atoms with E-state index in [-0.39, 0.29) is 12.5 Å². The molecule has 0 heterocycles. The molecule has 0 fully saturated rings. The van der Waals surface area contributed by atoms with Crippen LogP contribution in [0.2, 0.25) is 0 Å².